The second kappa shape index (κ2) is 8.27. The summed E-state index contributed by atoms with van der Waals surface area (Å²) in [6.07, 6.45) is 2.79. The maximum Gasteiger partial charge on any atom is 0.410 e. The van der Waals surface area contributed by atoms with Crippen molar-refractivity contribution in [1.82, 2.24) is 20.0 Å². The molecule has 0 aliphatic carbocycles. The highest BCUT2D eigenvalue weighted by atomic mass is 16.6. The van der Waals surface area contributed by atoms with Gasteiger partial charge in [0.1, 0.15) is 11.6 Å². The van der Waals surface area contributed by atoms with Crippen LogP contribution in [0.1, 0.15) is 52.1 Å². The van der Waals surface area contributed by atoms with E-state index in [1.807, 2.05) is 69.8 Å². The smallest absolute Gasteiger partial charge is 0.410 e. The van der Waals surface area contributed by atoms with Gasteiger partial charge in [0.05, 0.1) is 11.7 Å². The summed E-state index contributed by atoms with van der Waals surface area (Å²) in [5, 5.41) is 7.24. The Morgan fingerprint density at radius 1 is 1.21 bits per heavy atom. The summed E-state index contributed by atoms with van der Waals surface area (Å²) in [6, 6.07) is 9.38. The predicted molar refractivity (Wildman–Crippen MR) is 111 cm³/mol. The lowest BCUT2D eigenvalue weighted by atomic mass is 10.0. The van der Waals surface area contributed by atoms with Gasteiger partial charge in [-0.2, -0.15) is 5.10 Å². The summed E-state index contributed by atoms with van der Waals surface area (Å²) < 4.78 is 7.27. The second-order valence-electron chi connectivity index (χ2n) is 8.52. The third-order valence-corrected chi connectivity index (χ3v) is 5.07. The van der Waals surface area contributed by atoms with Crippen molar-refractivity contribution in [2.24, 2.45) is 7.05 Å². The maximum atomic E-state index is 12.8. The third-order valence-electron chi connectivity index (χ3n) is 5.07. The summed E-state index contributed by atoms with van der Waals surface area (Å²) >= 11 is 0. The number of ether oxygens (including phenoxy) is 1. The van der Waals surface area contributed by atoms with E-state index in [1.165, 1.54) is 0 Å². The third kappa shape index (κ3) is 4.96. The number of nitrogens with one attached hydrogen (secondary N) is 1. The molecule has 1 fully saturated rings. The first-order chi connectivity index (χ1) is 13.7. The Morgan fingerprint density at radius 3 is 2.48 bits per heavy atom. The van der Waals surface area contributed by atoms with Crippen LogP contribution in [0.2, 0.25) is 0 Å². The molecular formula is C22H30N4O3. The molecular weight excluding hydrogens is 368 g/mol. The fourth-order valence-corrected chi connectivity index (χ4v) is 3.57. The Kier molecular flexibility index (Phi) is 5.96. The molecule has 2 heterocycles. The first kappa shape index (κ1) is 20.9. The predicted octanol–water partition coefficient (Wildman–Crippen LogP) is 3.66. The van der Waals surface area contributed by atoms with E-state index in [0.717, 1.165) is 23.2 Å². The van der Waals surface area contributed by atoms with Crippen molar-refractivity contribution >= 4 is 12.0 Å². The number of likely N-dealkylation sites (tertiary alicyclic amines) is 1. The van der Waals surface area contributed by atoms with Crippen molar-refractivity contribution in [1.29, 1.82) is 0 Å². The zero-order valence-electron chi connectivity index (χ0n) is 17.8. The molecule has 0 radical (unpaired) electrons. The molecule has 0 spiro atoms. The SMILES string of the molecule is C[C@H](NC(=O)[C@@H]1CCCN1C(=O)OC(C)(C)C)c1ccc(-c2ccnn2C)cc1. The van der Waals surface area contributed by atoms with Crippen molar-refractivity contribution in [3.05, 3.63) is 42.1 Å². The normalized spacial score (nSPS) is 17.8. The average Bonchev–Trinajstić information content (AvgIpc) is 3.29. The molecule has 29 heavy (non-hydrogen) atoms. The fraction of sp³-hybridized carbons (Fsp3) is 0.500. The molecule has 0 unspecified atom stereocenters. The lowest BCUT2D eigenvalue weighted by Gasteiger charge is -2.28. The fourth-order valence-electron chi connectivity index (χ4n) is 3.57. The van der Waals surface area contributed by atoms with Gasteiger partial charge in [0.2, 0.25) is 5.91 Å². The lowest BCUT2D eigenvalue weighted by molar-refractivity contribution is -0.126. The van der Waals surface area contributed by atoms with Crippen LogP contribution in [0.15, 0.2) is 36.5 Å². The summed E-state index contributed by atoms with van der Waals surface area (Å²) in [7, 11) is 1.91. The number of carbonyl (C=O) groups is 2. The number of nitrogens with zero attached hydrogens (tertiary/aromatic N) is 3. The molecule has 1 aromatic heterocycles. The number of rotatable bonds is 4. The molecule has 1 aliphatic rings. The first-order valence-electron chi connectivity index (χ1n) is 10.0. The minimum atomic E-state index is -0.580. The number of amides is 2. The van der Waals surface area contributed by atoms with Gasteiger partial charge in [0.25, 0.3) is 0 Å². The minimum absolute atomic E-state index is 0.142. The number of hydrogen-bond donors (Lipinski definition) is 1. The molecule has 1 aromatic carbocycles. The zero-order valence-corrected chi connectivity index (χ0v) is 17.8. The van der Waals surface area contributed by atoms with Crippen molar-refractivity contribution in [2.45, 2.75) is 58.2 Å². The Morgan fingerprint density at radius 2 is 1.90 bits per heavy atom. The molecule has 1 saturated heterocycles. The van der Waals surface area contributed by atoms with Gasteiger partial charge in [-0.1, -0.05) is 24.3 Å². The zero-order chi connectivity index (χ0) is 21.2. The van der Waals surface area contributed by atoms with Crippen molar-refractivity contribution in [3.63, 3.8) is 0 Å². The van der Waals surface area contributed by atoms with Crippen LogP contribution in [0.4, 0.5) is 4.79 Å². The van der Waals surface area contributed by atoms with Crippen LogP contribution in [0.5, 0.6) is 0 Å². The van der Waals surface area contributed by atoms with Crippen LogP contribution < -0.4 is 5.32 Å². The quantitative estimate of drug-likeness (QED) is 0.853. The Bertz CT molecular complexity index is 867. The van der Waals surface area contributed by atoms with E-state index >= 15 is 0 Å². The summed E-state index contributed by atoms with van der Waals surface area (Å²) in [6.45, 7) is 7.97. The van der Waals surface area contributed by atoms with Crippen molar-refractivity contribution < 1.29 is 14.3 Å². The molecule has 1 aliphatic heterocycles. The molecule has 2 aromatic rings. The number of aromatic nitrogens is 2. The van der Waals surface area contributed by atoms with Crippen molar-refractivity contribution in [3.8, 4) is 11.3 Å². The highest BCUT2D eigenvalue weighted by molar-refractivity contribution is 5.86. The van der Waals surface area contributed by atoms with E-state index in [4.69, 9.17) is 4.74 Å². The molecule has 7 nitrogen and oxygen atoms in total. The van der Waals surface area contributed by atoms with E-state index in [-0.39, 0.29) is 11.9 Å². The highest BCUT2D eigenvalue weighted by Gasteiger charge is 2.37. The number of hydrogen-bond acceptors (Lipinski definition) is 4. The van der Waals surface area contributed by atoms with E-state index in [2.05, 4.69) is 10.4 Å². The van der Waals surface area contributed by atoms with Gasteiger partial charge in [-0.05, 0) is 57.7 Å². The first-order valence-corrected chi connectivity index (χ1v) is 10.0. The van der Waals surface area contributed by atoms with Crippen LogP contribution in [-0.2, 0) is 16.6 Å². The lowest BCUT2D eigenvalue weighted by Crippen LogP contribution is -2.48. The topological polar surface area (TPSA) is 76.5 Å². The molecule has 156 valence electrons. The summed E-state index contributed by atoms with van der Waals surface area (Å²) in [5.41, 5.74) is 2.53. The molecule has 2 atom stereocenters. The average molecular weight is 399 g/mol. The van der Waals surface area contributed by atoms with Crippen LogP contribution >= 0.6 is 0 Å². The molecule has 2 amide bonds. The summed E-state index contributed by atoms with van der Waals surface area (Å²) in [5.74, 6) is -0.142. The maximum absolute atomic E-state index is 12.8. The van der Waals surface area contributed by atoms with Crippen LogP contribution in [0, 0.1) is 0 Å². The van der Waals surface area contributed by atoms with Gasteiger partial charge in [-0.3, -0.25) is 14.4 Å². The Labute approximate surface area is 172 Å². The molecule has 0 bridgehead atoms. The number of carbonyl (C=O) groups excluding carboxylic acids is 2. The van der Waals surface area contributed by atoms with Crippen molar-refractivity contribution in [2.75, 3.05) is 6.54 Å². The van der Waals surface area contributed by atoms with Gasteiger partial charge in [0, 0.05) is 19.8 Å². The number of benzene rings is 1. The minimum Gasteiger partial charge on any atom is -0.444 e. The number of aryl methyl sites for hydroxylation is 1. The summed E-state index contributed by atoms with van der Waals surface area (Å²) in [4.78, 5) is 26.8. The van der Waals surface area contributed by atoms with Crippen LogP contribution in [0.3, 0.4) is 0 Å². The Hall–Kier alpha value is -2.83. The van der Waals surface area contributed by atoms with E-state index in [9.17, 15) is 9.59 Å². The highest BCUT2D eigenvalue weighted by Crippen LogP contribution is 2.24. The van der Waals surface area contributed by atoms with Crippen LogP contribution in [0.25, 0.3) is 11.3 Å². The molecule has 0 saturated carbocycles. The monoisotopic (exact) mass is 398 g/mol. The van der Waals surface area contributed by atoms with Gasteiger partial charge >= 0.3 is 6.09 Å². The largest absolute Gasteiger partial charge is 0.444 e. The van der Waals surface area contributed by atoms with Gasteiger partial charge in [-0.25, -0.2) is 4.79 Å². The van der Waals surface area contributed by atoms with Gasteiger partial charge in [0.15, 0.2) is 0 Å². The Balaban J connectivity index is 1.64. The van der Waals surface area contributed by atoms with Gasteiger partial charge in [-0.15, -0.1) is 0 Å². The molecule has 7 heteroatoms. The van der Waals surface area contributed by atoms with Gasteiger partial charge < -0.3 is 10.1 Å². The second-order valence-corrected chi connectivity index (χ2v) is 8.52. The van der Waals surface area contributed by atoms with Crippen LogP contribution in [-0.4, -0.2) is 44.9 Å². The van der Waals surface area contributed by atoms with E-state index < -0.39 is 17.7 Å². The van der Waals surface area contributed by atoms with E-state index in [0.29, 0.717) is 13.0 Å². The molecule has 1 N–H and O–H groups in total. The molecule has 3 rings (SSSR count). The van der Waals surface area contributed by atoms with E-state index in [1.54, 1.807) is 11.1 Å². The standard InChI is InChI=1S/C22H30N4O3/c1-15(16-8-10-17(11-9-16)18-12-13-23-25(18)5)24-20(27)19-7-6-14-26(19)21(28)29-22(2,3)4/h8-13,15,19H,6-7,14H2,1-5H3,(H,24,27)/t15-,19-/m0/s1.